The lowest BCUT2D eigenvalue weighted by Crippen LogP contribution is -2.02. The molecule has 2 rings (SSSR count). The summed E-state index contributed by atoms with van der Waals surface area (Å²) in [6.07, 6.45) is 0.811. The summed E-state index contributed by atoms with van der Waals surface area (Å²) in [6, 6.07) is 12.4. The van der Waals surface area contributed by atoms with Crippen molar-refractivity contribution >= 4 is 0 Å². The summed E-state index contributed by atoms with van der Waals surface area (Å²) in [5, 5.41) is 0. The average Bonchev–Trinajstić information content (AvgIpc) is 2.39. The summed E-state index contributed by atoms with van der Waals surface area (Å²) < 4.78 is 18.6. The first kappa shape index (κ1) is 12.6. The topological polar surface area (TPSA) is 35.2 Å². The monoisotopic (exact) mass is 245 g/mol. The van der Waals surface area contributed by atoms with Gasteiger partial charge < -0.3 is 10.5 Å². The maximum absolute atomic E-state index is 13.3. The smallest absolute Gasteiger partial charge is 0.126 e. The Kier molecular flexibility index (Phi) is 3.95. The number of methoxy groups -OCH3 is 1. The zero-order valence-electron chi connectivity index (χ0n) is 10.3. The molecule has 0 amide bonds. The molecule has 0 atom stereocenters. The van der Waals surface area contributed by atoms with Crippen molar-refractivity contribution in [1.29, 1.82) is 0 Å². The summed E-state index contributed by atoms with van der Waals surface area (Å²) in [5.41, 5.74) is 8.39. The van der Waals surface area contributed by atoms with Crippen LogP contribution in [0.15, 0.2) is 42.5 Å². The number of rotatable bonds is 4. The first-order valence-electron chi connectivity index (χ1n) is 5.87. The van der Waals surface area contributed by atoms with Crippen LogP contribution in [0.1, 0.15) is 5.56 Å². The van der Waals surface area contributed by atoms with Crippen LogP contribution in [-0.4, -0.2) is 13.7 Å². The Morgan fingerprint density at radius 1 is 1.17 bits per heavy atom. The summed E-state index contributed by atoms with van der Waals surface area (Å²) in [4.78, 5) is 0. The number of halogens is 1. The number of hydrogen-bond acceptors (Lipinski definition) is 2. The minimum Gasteiger partial charge on any atom is -0.496 e. The van der Waals surface area contributed by atoms with E-state index >= 15 is 0 Å². The molecule has 2 N–H and O–H groups in total. The Morgan fingerprint density at radius 3 is 2.72 bits per heavy atom. The molecule has 0 aliphatic heterocycles. The quantitative estimate of drug-likeness (QED) is 0.898. The molecule has 0 aliphatic rings. The predicted octanol–water partition coefficient (Wildman–Crippen LogP) is 3.00. The van der Waals surface area contributed by atoms with Gasteiger partial charge in [0.25, 0.3) is 0 Å². The van der Waals surface area contributed by atoms with Gasteiger partial charge in [-0.1, -0.05) is 24.3 Å². The van der Waals surface area contributed by atoms with E-state index in [4.69, 9.17) is 10.5 Å². The second kappa shape index (κ2) is 5.65. The number of benzene rings is 2. The summed E-state index contributed by atoms with van der Waals surface area (Å²) >= 11 is 0. The molecular weight excluding hydrogens is 229 g/mol. The molecule has 0 heterocycles. The fourth-order valence-electron chi connectivity index (χ4n) is 1.97. The molecule has 2 aromatic carbocycles. The first-order valence-corrected chi connectivity index (χ1v) is 5.87. The van der Waals surface area contributed by atoms with E-state index in [1.54, 1.807) is 13.2 Å². The molecule has 2 aromatic rings. The van der Waals surface area contributed by atoms with E-state index in [1.165, 1.54) is 12.1 Å². The van der Waals surface area contributed by atoms with E-state index in [1.807, 2.05) is 24.3 Å². The highest BCUT2D eigenvalue weighted by atomic mass is 19.1. The van der Waals surface area contributed by atoms with Crippen LogP contribution >= 0.6 is 0 Å². The third-order valence-corrected chi connectivity index (χ3v) is 2.83. The molecule has 94 valence electrons. The average molecular weight is 245 g/mol. The lowest BCUT2D eigenvalue weighted by Gasteiger charge is -2.10. The minimum atomic E-state index is -0.268. The highest BCUT2D eigenvalue weighted by Crippen LogP contribution is 2.31. The molecule has 0 saturated heterocycles. The van der Waals surface area contributed by atoms with Gasteiger partial charge in [0.05, 0.1) is 7.11 Å². The predicted molar refractivity (Wildman–Crippen MR) is 71.1 cm³/mol. The van der Waals surface area contributed by atoms with E-state index in [2.05, 4.69) is 0 Å². The van der Waals surface area contributed by atoms with Crippen LogP contribution in [0, 0.1) is 5.82 Å². The molecule has 0 radical (unpaired) electrons. The van der Waals surface area contributed by atoms with Gasteiger partial charge in [0.1, 0.15) is 11.6 Å². The van der Waals surface area contributed by atoms with E-state index in [-0.39, 0.29) is 5.82 Å². The van der Waals surface area contributed by atoms with Crippen molar-refractivity contribution in [2.75, 3.05) is 13.7 Å². The van der Waals surface area contributed by atoms with Gasteiger partial charge in [0.2, 0.25) is 0 Å². The van der Waals surface area contributed by atoms with Gasteiger partial charge in [-0.25, -0.2) is 4.39 Å². The third kappa shape index (κ3) is 2.68. The molecule has 0 bridgehead atoms. The van der Waals surface area contributed by atoms with Crippen LogP contribution in [0.3, 0.4) is 0 Å². The standard InChI is InChI=1S/C15H16FNO/c1-18-15-6-5-13(16)10-14(15)12-4-2-3-11(9-12)7-8-17/h2-6,9-10H,7-8,17H2,1H3. The third-order valence-electron chi connectivity index (χ3n) is 2.83. The normalized spacial score (nSPS) is 10.4. The zero-order valence-corrected chi connectivity index (χ0v) is 10.3. The Morgan fingerprint density at radius 2 is 2.00 bits per heavy atom. The van der Waals surface area contributed by atoms with E-state index in [0.717, 1.165) is 23.1 Å². The lowest BCUT2D eigenvalue weighted by molar-refractivity contribution is 0.415. The van der Waals surface area contributed by atoms with Gasteiger partial charge >= 0.3 is 0 Å². The number of ether oxygens (including phenoxy) is 1. The summed E-state index contributed by atoms with van der Waals surface area (Å²) in [7, 11) is 1.58. The van der Waals surface area contributed by atoms with Crippen molar-refractivity contribution < 1.29 is 9.13 Å². The van der Waals surface area contributed by atoms with E-state index < -0.39 is 0 Å². The van der Waals surface area contributed by atoms with Crippen LogP contribution in [-0.2, 0) is 6.42 Å². The Balaban J connectivity index is 2.47. The highest BCUT2D eigenvalue weighted by molar-refractivity contribution is 5.71. The van der Waals surface area contributed by atoms with Crippen LogP contribution in [0.25, 0.3) is 11.1 Å². The lowest BCUT2D eigenvalue weighted by atomic mass is 10.0. The first-order chi connectivity index (χ1) is 8.74. The maximum Gasteiger partial charge on any atom is 0.126 e. The summed E-state index contributed by atoms with van der Waals surface area (Å²) in [6.45, 7) is 0.601. The molecule has 2 nitrogen and oxygen atoms in total. The molecule has 0 unspecified atom stereocenters. The van der Waals surface area contributed by atoms with Crippen LogP contribution in [0.5, 0.6) is 5.75 Å². The van der Waals surface area contributed by atoms with Gasteiger partial charge in [-0.05, 0) is 42.3 Å². The maximum atomic E-state index is 13.3. The van der Waals surface area contributed by atoms with Crippen LogP contribution in [0.4, 0.5) is 4.39 Å². The Labute approximate surface area is 106 Å². The fraction of sp³-hybridized carbons (Fsp3) is 0.200. The largest absolute Gasteiger partial charge is 0.496 e. The van der Waals surface area contributed by atoms with Gasteiger partial charge in [-0.2, -0.15) is 0 Å². The second-order valence-corrected chi connectivity index (χ2v) is 4.08. The van der Waals surface area contributed by atoms with Crippen LogP contribution in [0.2, 0.25) is 0 Å². The molecule has 0 fully saturated rings. The van der Waals surface area contributed by atoms with Gasteiger partial charge in [0, 0.05) is 5.56 Å². The molecule has 0 spiro atoms. The zero-order chi connectivity index (χ0) is 13.0. The Hall–Kier alpha value is -1.87. The van der Waals surface area contributed by atoms with Crippen molar-refractivity contribution in [3.63, 3.8) is 0 Å². The molecular formula is C15H16FNO. The number of nitrogens with two attached hydrogens (primary N) is 1. The fourth-order valence-corrected chi connectivity index (χ4v) is 1.97. The number of hydrogen-bond donors (Lipinski definition) is 1. The van der Waals surface area contributed by atoms with Gasteiger partial charge in [-0.15, -0.1) is 0 Å². The highest BCUT2D eigenvalue weighted by Gasteiger charge is 2.07. The van der Waals surface area contributed by atoms with Crippen molar-refractivity contribution in [2.24, 2.45) is 5.73 Å². The molecule has 0 aromatic heterocycles. The second-order valence-electron chi connectivity index (χ2n) is 4.08. The summed E-state index contributed by atoms with van der Waals surface area (Å²) in [5.74, 6) is 0.399. The Bertz CT molecular complexity index is 540. The van der Waals surface area contributed by atoms with Gasteiger partial charge in [-0.3, -0.25) is 0 Å². The van der Waals surface area contributed by atoms with Crippen LogP contribution < -0.4 is 10.5 Å². The van der Waals surface area contributed by atoms with E-state index in [9.17, 15) is 4.39 Å². The SMILES string of the molecule is COc1ccc(F)cc1-c1cccc(CCN)c1. The van der Waals surface area contributed by atoms with E-state index in [0.29, 0.717) is 12.3 Å². The molecule has 18 heavy (non-hydrogen) atoms. The molecule has 0 aliphatic carbocycles. The van der Waals surface area contributed by atoms with Crippen molar-refractivity contribution in [3.8, 4) is 16.9 Å². The molecule has 3 heteroatoms. The van der Waals surface area contributed by atoms with Crippen molar-refractivity contribution in [2.45, 2.75) is 6.42 Å². The van der Waals surface area contributed by atoms with Crippen molar-refractivity contribution in [1.82, 2.24) is 0 Å². The molecule has 0 saturated carbocycles. The van der Waals surface area contributed by atoms with Gasteiger partial charge in [0.15, 0.2) is 0 Å². The minimum absolute atomic E-state index is 0.268. The van der Waals surface area contributed by atoms with Crippen molar-refractivity contribution in [3.05, 3.63) is 53.8 Å².